The zero-order valence-corrected chi connectivity index (χ0v) is 11.9. The standard InChI is InChI=1S/C10H10Cl2N4O2S/c11-8-2-1-7(5-9(8)12)19(17,18)15-4-3-10-13-6-14-16-10/h1-2,5-6,15H,3-4H2,(H,13,14,16). The third-order valence-corrected chi connectivity index (χ3v) is 4.52. The molecular formula is C10H10Cl2N4O2S. The molecule has 0 saturated heterocycles. The maximum Gasteiger partial charge on any atom is 0.240 e. The van der Waals surface area contributed by atoms with Crippen LogP contribution in [0.2, 0.25) is 10.0 Å². The zero-order chi connectivity index (χ0) is 13.9. The molecule has 0 atom stereocenters. The summed E-state index contributed by atoms with van der Waals surface area (Å²) in [6.45, 7) is 0.206. The molecule has 0 bridgehead atoms. The molecule has 1 aromatic heterocycles. The Morgan fingerprint density at radius 2 is 2.05 bits per heavy atom. The molecule has 0 fully saturated rings. The second kappa shape index (κ2) is 5.87. The minimum absolute atomic E-state index is 0.0690. The smallest absolute Gasteiger partial charge is 0.240 e. The lowest BCUT2D eigenvalue weighted by Crippen LogP contribution is -2.26. The van der Waals surface area contributed by atoms with Gasteiger partial charge in [-0.3, -0.25) is 5.10 Å². The van der Waals surface area contributed by atoms with Crippen LogP contribution in [0.1, 0.15) is 5.82 Å². The van der Waals surface area contributed by atoms with E-state index in [0.717, 1.165) is 0 Å². The Labute approximate surface area is 120 Å². The summed E-state index contributed by atoms with van der Waals surface area (Å²) in [5, 5.41) is 6.82. The number of H-pyrrole nitrogens is 1. The topological polar surface area (TPSA) is 87.7 Å². The van der Waals surface area contributed by atoms with Gasteiger partial charge in [0.25, 0.3) is 0 Å². The van der Waals surface area contributed by atoms with Crippen LogP contribution in [-0.2, 0) is 16.4 Å². The van der Waals surface area contributed by atoms with E-state index < -0.39 is 10.0 Å². The molecule has 2 N–H and O–H groups in total. The van der Waals surface area contributed by atoms with Gasteiger partial charge in [0.15, 0.2) is 0 Å². The lowest BCUT2D eigenvalue weighted by atomic mass is 10.4. The lowest BCUT2D eigenvalue weighted by molar-refractivity contribution is 0.581. The lowest BCUT2D eigenvalue weighted by Gasteiger charge is -2.06. The third-order valence-electron chi connectivity index (χ3n) is 2.32. The second-order valence-corrected chi connectivity index (χ2v) is 6.24. The van der Waals surface area contributed by atoms with Gasteiger partial charge in [0.05, 0.1) is 14.9 Å². The first-order chi connectivity index (χ1) is 8.99. The summed E-state index contributed by atoms with van der Waals surface area (Å²) in [7, 11) is -3.61. The van der Waals surface area contributed by atoms with Crippen molar-refractivity contribution >= 4 is 33.2 Å². The van der Waals surface area contributed by atoms with Crippen molar-refractivity contribution in [2.24, 2.45) is 0 Å². The van der Waals surface area contributed by atoms with Crippen LogP contribution in [0.25, 0.3) is 0 Å². The Kier molecular flexibility index (Phi) is 4.41. The molecule has 2 aromatic rings. The Morgan fingerprint density at radius 3 is 2.68 bits per heavy atom. The molecule has 0 aliphatic heterocycles. The van der Waals surface area contributed by atoms with Crippen LogP contribution in [0.15, 0.2) is 29.4 Å². The first-order valence-electron chi connectivity index (χ1n) is 5.28. The number of sulfonamides is 1. The molecule has 0 spiro atoms. The van der Waals surface area contributed by atoms with Crippen molar-refractivity contribution in [1.82, 2.24) is 19.9 Å². The minimum Gasteiger partial charge on any atom is -0.263 e. The highest BCUT2D eigenvalue weighted by Crippen LogP contribution is 2.24. The summed E-state index contributed by atoms with van der Waals surface area (Å²) in [6.07, 6.45) is 1.78. The number of hydrogen-bond donors (Lipinski definition) is 2. The van der Waals surface area contributed by atoms with E-state index in [0.29, 0.717) is 17.3 Å². The average Bonchev–Trinajstić information content (AvgIpc) is 2.85. The van der Waals surface area contributed by atoms with Crippen LogP contribution in [-0.4, -0.2) is 30.1 Å². The van der Waals surface area contributed by atoms with Gasteiger partial charge in [-0.1, -0.05) is 23.2 Å². The highest BCUT2D eigenvalue weighted by Gasteiger charge is 2.15. The van der Waals surface area contributed by atoms with E-state index in [1.807, 2.05) is 0 Å². The highest BCUT2D eigenvalue weighted by molar-refractivity contribution is 7.89. The predicted octanol–water partition coefficient (Wildman–Crippen LogP) is 1.63. The fraction of sp³-hybridized carbons (Fsp3) is 0.200. The van der Waals surface area contributed by atoms with Crippen LogP contribution in [0.5, 0.6) is 0 Å². The number of benzene rings is 1. The highest BCUT2D eigenvalue weighted by atomic mass is 35.5. The van der Waals surface area contributed by atoms with Gasteiger partial charge in [0.2, 0.25) is 10.0 Å². The third kappa shape index (κ3) is 3.66. The number of aromatic nitrogens is 3. The Bertz CT molecular complexity index is 658. The van der Waals surface area contributed by atoms with Crippen molar-refractivity contribution in [2.45, 2.75) is 11.3 Å². The van der Waals surface area contributed by atoms with Gasteiger partial charge in [-0.25, -0.2) is 18.1 Å². The summed E-state index contributed by atoms with van der Waals surface area (Å²) in [6, 6.07) is 4.14. The van der Waals surface area contributed by atoms with Crippen molar-refractivity contribution in [2.75, 3.05) is 6.54 Å². The SMILES string of the molecule is O=S(=O)(NCCc1ncn[nH]1)c1ccc(Cl)c(Cl)c1. The van der Waals surface area contributed by atoms with Gasteiger partial charge in [-0.2, -0.15) is 5.10 Å². The Balaban J connectivity index is 2.03. The molecule has 2 rings (SSSR count). The number of nitrogens with zero attached hydrogens (tertiary/aromatic N) is 2. The zero-order valence-electron chi connectivity index (χ0n) is 9.60. The van der Waals surface area contributed by atoms with E-state index in [-0.39, 0.29) is 16.5 Å². The van der Waals surface area contributed by atoms with E-state index in [1.165, 1.54) is 24.5 Å². The number of nitrogens with one attached hydrogen (secondary N) is 2. The summed E-state index contributed by atoms with van der Waals surface area (Å²) in [5.41, 5.74) is 0. The van der Waals surface area contributed by atoms with Gasteiger partial charge in [0.1, 0.15) is 12.2 Å². The fourth-order valence-electron chi connectivity index (χ4n) is 1.38. The molecule has 0 radical (unpaired) electrons. The van der Waals surface area contributed by atoms with E-state index in [2.05, 4.69) is 19.9 Å². The maximum absolute atomic E-state index is 12.0. The second-order valence-electron chi connectivity index (χ2n) is 3.66. The van der Waals surface area contributed by atoms with Crippen LogP contribution in [0, 0.1) is 0 Å². The quantitative estimate of drug-likeness (QED) is 0.876. The molecule has 1 heterocycles. The molecule has 1 aromatic carbocycles. The molecule has 6 nitrogen and oxygen atoms in total. The van der Waals surface area contributed by atoms with Crippen molar-refractivity contribution in [1.29, 1.82) is 0 Å². The van der Waals surface area contributed by atoms with Gasteiger partial charge in [-0.15, -0.1) is 0 Å². The maximum atomic E-state index is 12.0. The van der Waals surface area contributed by atoms with Crippen molar-refractivity contribution in [3.63, 3.8) is 0 Å². The van der Waals surface area contributed by atoms with Crippen LogP contribution in [0.3, 0.4) is 0 Å². The monoisotopic (exact) mass is 320 g/mol. The molecule has 9 heteroatoms. The molecule has 0 aliphatic carbocycles. The molecule has 0 unspecified atom stereocenters. The number of hydrogen-bond acceptors (Lipinski definition) is 4. The van der Waals surface area contributed by atoms with E-state index in [9.17, 15) is 8.42 Å². The fourth-order valence-corrected chi connectivity index (χ4v) is 2.80. The van der Waals surface area contributed by atoms with Gasteiger partial charge < -0.3 is 0 Å². The van der Waals surface area contributed by atoms with Crippen molar-refractivity contribution in [3.05, 3.63) is 40.4 Å². The minimum atomic E-state index is -3.61. The van der Waals surface area contributed by atoms with Crippen molar-refractivity contribution in [3.8, 4) is 0 Å². The molecule has 0 aliphatic rings. The van der Waals surface area contributed by atoms with Crippen LogP contribution < -0.4 is 4.72 Å². The number of aromatic amines is 1. The first kappa shape index (κ1) is 14.3. The number of rotatable bonds is 5. The number of halogens is 2. The normalized spacial score (nSPS) is 11.7. The molecule has 0 amide bonds. The summed E-state index contributed by atoms with van der Waals surface area (Å²) in [4.78, 5) is 3.96. The van der Waals surface area contributed by atoms with E-state index in [1.54, 1.807) is 0 Å². The molecule has 19 heavy (non-hydrogen) atoms. The summed E-state index contributed by atoms with van der Waals surface area (Å²) in [5.74, 6) is 0.608. The van der Waals surface area contributed by atoms with Gasteiger partial charge >= 0.3 is 0 Å². The molecule has 0 saturated carbocycles. The van der Waals surface area contributed by atoms with Crippen LogP contribution in [0.4, 0.5) is 0 Å². The average molecular weight is 321 g/mol. The predicted molar refractivity (Wildman–Crippen MR) is 71.7 cm³/mol. The van der Waals surface area contributed by atoms with Crippen molar-refractivity contribution < 1.29 is 8.42 Å². The summed E-state index contributed by atoms with van der Waals surface area (Å²) < 4.78 is 26.4. The van der Waals surface area contributed by atoms with Gasteiger partial charge in [0, 0.05) is 13.0 Å². The summed E-state index contributed by atoms with van der Waals surface area (Å²) >= 11 is 11.5. The Morgan fingerprint density at radius 1 is 1.26 bits per heavy atom. The van der Waals surface area contributed by atoms with Gasteiger partial charge in [-0.05, 0) is 18.2 Å². The van der Waals surface area contributed by atoms with E-state index in [4.69, 9.17) is 23.2 Å². The molecule has 102 valence electrons. The first-order valence-corrected chi connectivity index (χ1v) is 7.52. The van der Waals surface area contributed by atoms with E-state index >= 15 is 0 Å². The largest absolute Gasteiger partial charge is 0.263 e. The van der Waals surface area contributed by atoms with Crippen LogP contribution >= 0.6 is 23.2 Å². The molecular weight excluding hydrogens is 311 g/mol. The Hall–Kier alpha value is -1.15.